The number of hydrogen-bond donors (Lipinski definition) is 1. The molecule has 2 aromatic heterocycles. The molecule has 0 aliphatic heterocycles. The number of sulfone groups is 1. The number of aryl methyl sites for hydroxylation is 1. The van der Waals surface area contributed by atoms with E-state index in [-0.39, 0.29) is 10.6 Å². The van der Waals surface area contributed by atoms with E-state index in [1.54, 1.807) is 24.4 Å². The van der Waals surface area contributed by atoms with Gasteiger partial charge in [0.25, 0.3) is 0 Å². The summed E-state index contributed by atoms with van der Waals surface area (Å²) in [5, 5.41) is 10.9. The SMILES string of the molecule is O=S(=O)(CCCc1nc(-c2ccn[nH]2)no1)c1ccc(Cl)cc1. The highest BCUT2D eigenvalue weighted by atomic mass is 35.5. The molecule has 0 aliphatic carbocycles. The van der Waals surface area contributed by atoms with Crippen LogP contribution in [0.3, 0.4) is 0 Å². The van der Waals surface area contributed by atoms with Gasteiger partial charge in [-0.25, -0.2) is 8.42 Å². The summed E-state index contributed by atoms with van der Waals surface area (Å²) in [5.41, 5.74) is 0.647. The number of halogens is 1. The minimum absolute atomic E-state index is 0.00357. The smallest absolute Gasteiger partial charge is 0.227 e. The van der Waals surface area contributed by atoms with E-state index in [0.29, 0.717) is 35.3 Å². The molecule has 7 nitrogen and oxygen atoms in total. The Balaban J connectivity index is 1.60. The minimum Gasteiger partial charge on any atom is -0.339 e. The van der Waals surface area contributed by atoms with Gasteiger partial charge < -0.3 is 4.52 Å². The van der Waals surface area contributed by atoms with Crippen molar-refractivity contribution in [1.82, 2.24) is 20.3 Å². The summed E-state index contributed by atoms with van der Waals surface area (Å²) in [6.45, 7) is 0. The van der Waals surface area contributed by atoms with Gasteiger partial charge in [0.2, 0.25) is 11.7 Å². The maximum Gasteiger partial charge on any atom is 0.227 e. The van der Waals surface area contributed by atoms with E-state index < -0.39 is 9.84 Å². The average molecular weight is 353 g/mol. The summed E-state index contributed by atoms with van der Waals surface area (Å²) < 4.78 is 29.5. The fraction of sp³-hybridized carbons (Fsp3) is 0.214. The van der Waals surface area contributed by atoms with Gasteiger partial charge in [0, 0.05) is 17.6 Å². The summed E-state index contributed by atoms with van der Waals surface area (Å²) in [6, 6.07) is 7.84. The molecule has 2 heterocycles. The Bertz CT molecular complexity index is 873. The van der Waals surface area contributed by atoms with Gasteiger partial charge in [-0.2, -0.15) is 10.1 Å². The third kappa shape index (κ3) is 3.77. The van der Waals surface area contributed by atoms with Gasteiger partial charge in [0.15, 0.2) is 9.84 Å². The second-order valence-electron chi connectivity index (χ2n) is 4.86. The molecule has 0 radical (unpaired) electrons. The predicted molar refractivity (Wildman–Crippen MR) is 83.7 cm³/mol. The Kier molecular flexibility index (Phi) is 4.44. The number of hydrogen-bond acceptors (Lipinski definition) is 6. The number of aromatic nitrogens is 4. The van der Waals surface area contributed by atoms with Crippen molar-refractivity contribution in [2.24, 2.45) is 0 Å². The summed E-state index contributed by atoms with van der Waals surface area (Å²) in [7, 11) is -3.35. The molecule has 23 heavy (non-hydrogen) atoms. The van der Waals surface area contributed by atoms with Crippen LogP contribution < -0.4 is 0 Å². The molecule has 120 valence electrons. The lowest BCUT2D eigenvalue weighted by atomic mass is 10.3. The lowest BCUT2D eigenvalue weighted by Gasteiger charge is -2.03. The van der Waals surface area contributed by atoms with Crippen molar-refractivity contribution in [2.45, 2.75) is 17.7 Å². The number of H-pyrrole nitrogens is 1. The van der Waals surface area contributed by atoms with Crippen molar-refractivity contribution in [3.63, 3.8) is 0 Å². The van der Waals surface area contributed by atoms with Gasteiger partial charge in [-0.1, -0.05) is 16.8 Å². The molecule has 0 amide bonds. The summed E-state index contributed by atoms with van der Waals surface area (Å²) >= 11 is 5.76. The lowest BCUT2D eigenvalue weighted by Crippen LogP contribution is -2.07. The molecule has 0 saturated carbocycles. The fourth-order valence-corrected chi connectivity index (χ4v) is 3.46. The van der Waals surface area contributed by atoms with Crippen LogP contribution >= 0.6 is 11.6 Å². The van der Waals surface area contributed by atoms with E-state index in [1.165, 1.54) is 12.1 Å². The van der Waals surface area contributed by atoms with Gasteiger partial charge in [0.1, 0.15) is 5.69 Å². The van der Waals surface area contributed by atoms with Crippen LogP contribution in [0.25, 0.3) is 11.5 Å². The zero-order valence-electron chi connectivity index (χ0n) is 11.9. The Morgan fingerprint density at radius 3 is 2.65 bits per heavy atom. The van der Waals surface area contributed by atoms with Crippen molar-refractivity contribution in [3.8, 4) is 11.5 Å². The zero-order chi connectivity index (χ0) is 16.3. The van der Waals surface area contributed by atoms with Crippen LogP contribution in [0.4, 0.5) is 0 Å². The highest BCUT2D eigenvalue weighted by Crippen LogP contribution is 2.17. The quantitative estimate of drug-likeness (QED) is 0.731. The standard InChI is InChI=1S/C14H13ClN4O3S/c15-10-3-5-11(6-4-10)23(20,21)9-1-2-13-17-14(19-22-13)12-7-8-16-18-12/h3-8H,1-2,9H2,(H,16,18). The van der Waals surface area contributed by atoms with E-state index in [2.05, 4.69) is 20.3 Å². The third-order valence-corrected chi connectivity index (χ3v) is 5.25. The van der Waals surface area contributed by atoms with Crippen LogP contribution in [0.2, 0.25) is 5.02 Å². The molecule has 3 rings (SSSR count). The van der Waals surface area contributed by atoms with Crippen LogP contribution in [-0.2, 0) is 16.3 Å². The first kappa shape index (κ1) is 15.7. The Morgan fingerprint density at radius 2 is 1.96 bits per heavy atom. The number of aromatic amines is 1. The van der Waals surface area contributed by atoms with Gasteiger partial charge in [-0.15, -0.1) is 0 Å². The molecule has 0 saturated heterocycles. The molecule has 9 heteroatoms. The van der Waals surface area contributed by atoms with Crippen molar-refractivity contribution in [1.29, 1.82) is 0 Å². The molecular formula is C14H13ClN4O3S. The van der Waals surface area contributed by atoms with Crippen LogP contribution in [0.1, 0.15) is 12.3 Å². The molecule has 0 atom stereocenters. The summed E-state index contributed by atoms with van der Waals surface area (Å²) in [4.78, 5) is 4.45. The molecule has 0 unspecified atom stereocenters. The van der Waals surface area contributed by atoms with Crippen LogP contribution in [0.5, 0.6) is 0 Å². The van der Waals surface area contributed by atoms with Crippen LogP contribution in [0.15, 0.2) is 45.9 Å². The monoisotopic (exact) mass is 352 g/mol. The van der Waals surface area contributed by atoms with E-state index >= 15 is 0 Å². The maximum atomic E-state index is 12.2. The maximum absolute atomic E-state index is 12.2. The molecule has 1 N–H and O–H groups in total. The molecule has 0 bridgehead atoms. The van der Waals surface area contributed by atoms with Crippen molar-refractivity contribution in [3.05, 3.63) is 47.4 Å². The van der Waals surface area contributed by atoms with E-state index in [1.807, 2.05) is 0 Å². The number of nitrogens with one attached hydrogen (secondary N) is 1. The minimum atomic E-state index is -3.35. The van der Waals surface area contributed by atoms with E-state index in [9.17, 15) is 8.42 Å². The fourth-order valence-electron chi connectivity index (χ4n) is 2.02. The van der Waals surface area contributed by atoms with E-state index in [0.717, 1.165) is 0 Å². The Labute approximate surface area is 137 Å². The normalized spacial score (nSPS) is 11.7. The van der Waals surface area contributed by atoms with Crippen LogP contribution in [-0.4, -0.2) is 34.5 Å². The molecule has 1 aromatic carbocycles. The number of benzene rings is 1. The van der Waals surface area contributed by atoms with Crippen molar-refractivity contribution < 1.29 is 12.9 Å². The highest BCUT2D eigenvalue weighted by Gasteiger charge is 2.15. The van der Waals surface area contributed by atoms with Gasteiger partial charge in [-0.05, 0) is 36.8 Å². The second-order valence-corrected chi connectivity index (χ2v) is 7.40. The first-order chi connectivity index (χ1) is 11.0. The van der Waals surface area contributed by atoms with Crippen LogP contribution in [0, 0.1) is 0 Å². The predicted octanol–water partition coefficient (Wildman–Crippen LogP) is 2.52. The highest BCUT2D eigenvalue weighted by molar-refractivity contribution is 7.91. The van der Waals surface area contributed by atoms with Crippen molar-refractivity contribution in [2.75, 3.05) is 5.75 Å². The molecule has 0 aliphatic rings. The van der Waals surface area contributed by atoms with Crippen molar-refractivity contribution >= 4 is 21.4 Å². The average Bonchev–Trinajstić information content (AvgIpc) is 3.18. The molecular weight excluding hydrogens is 340 g/mol. The summed E-state index contributed by atoms with van der Waals surface area (Å²) in [6.07, 6.45) is 2.35. The second kappa shape index (κ2) is 6.51. The molecule has 3 aromatic rings. The first-order valence-electron chi connectivity index (χ1n) is 6.85. The number of rotatable bonds is 6. The number of nitrogens with zero attached hydrogens (tertiary/aromatic N) is 3. The van der Waals surface area contributed by atoms with E-state index in [4.69, 9.17) is 16.1 Å². The third-order valence-electron chi connectivity index (χ3n) is 3.19. The first-order valence-corrected chi connectivity index (χ1v) is 8.88. The Hall–Kier alpha value is -2.19. The van der Waals surface area contributed by atoms with Gasteiger partial charge >= 0.3 is 0 Å². The lowest BCUT2D eigenvalue weighted by molar-refractivity contribution is 0.377. The zero-order valence-corrected chi connectivity index (χ0v) is 13.5. The van der Waals surface area contributed by atoms with Gasteiger partial charge in [-0.3, -0.25) is 5.10 Å². The molecule has 0 spiro atoms. The van der Waals surface area contributed by atoms with Gasteiger partial charge in [0.05, 0.1) is 10.6 Å². The summed E-state index contributed by atoms with van der Waals surface area (Å²) in [5.74, 6) is 0.787. The topological polar surface area (TPSA) is 102 Å². The Morgan fingerprint density at radius 1 is 1.17 bits per heavy atom. The molecule has 0 fully saturated rings. The largest absolute Gasteiger partial charge is 0.339 e.